The van der Waals surface area contributed by atoms with Gasteiger partial charge < -0.3 is 24.6 Å². The van der Waals surface area contributed by atoms with E-state index in [9.17, 15) is 0 Å². The molecule has 0 amide bonds. The van der Waals surface area contributed by atoms with Crippen molar-refractivity contribution < 1.29 is 9.47 Å². The summed E-state index contributed by atoms with van der Waals surface area (Å²) in [6, 6.07) is 16.7. The minimum atomic E-state index is 0.192. The lowest BCUT2D eigenvalue weighted by molar-refractivity contribution is 0.149. The first kappa shape index (κ1) is 26.9. The van der Waals surface area contributed by atoms with Crippen LogP contribution in [0.1, 0.15) is 44.2 Å². The van der Waals surface area contributed by atoms with E-state index >= 15 is 0 Å². The van der Waals surface area contributed by atoms with Crippen LogP contribution in [0.5, 0.6) is 11.5 Å². The van der Waals surface area contributed by atoms with E-state index < -0.39 is 0 Å². The molecule has 1 atom stereocenters. The third-order valence-electron chi connectivity index (χ3n) is 6.92. The monoisotopic (exact) mass is 503 g/mol. The normalized spacial score (nSPS) is 15.3. The molecule has 1 fully saturated rings. The molecule has 7 heteroatoms. The van der Waals surface area contributed by atoms with Crippen LogP contribution in [0.25, 0.3) is 11.3 Å². The highest BCUT2D eigenvalue weighted by Gasteiger charge is 2.14. The maximum absolute atomic E-state index is 6.08. The fourth-order valence-corrected chi connectivity index (χ4v) is 4.69. The number of rotatable bonds is 13. The van der Waals surface area contributed by atoms with Gasteiger partial charge in [0.25, 0.3) is 0 Å². The number of ether oxygens (including phenoxy) is 2. The van der Waals surface area contributed by atoms with Gasteiger partial charge in [0.1, 0.15) is 5.82 Å². The predicted molar refractivity (Wildman–Crippen MR) is 150 cm³/mol. The molecule has 4 rings (SSSR count). The molecule has 0 saturated carbocycles. The number of methoxy groups -OCH3 is 1. The number of hydrogen-bond donors (Lipinski definition) is 1. The van der Waals surface area contributed by atoms with Gasteiger partial charge >= 0.3 is 0 Å². The lowest BCUT2D eigenvalue weighted by Gasteiger charge is -2.32. The summed E-state index contributed by atoms with van der Waals surface area (Å²) in [6.07, 6.45) is 7.83. The molecule has 2 aromatic carbocycles. The number of likely N-dealkylation sites (N-methyl/N-ethyl adjacent to an activating group) is 1. The van der Waals surface area contributed by atoms with Gasteiger partial charge in [-0.1, -0.05) is 43.7 Å². The van der Waals surface area contributed by atoms with Gasteiger partial charge in [0.05, 0.1) is 37.8 Å². The molecule has 3 aromatic rings. The summed E-state index contributed by atoms with van der Waals surface area (Å²) in [5, 5.41) is 3.58. The van der Waals surface area contributed by atoms with Gasteiger partial charge in [-0.25, -0.2) is 4.98 Å². The Kier molecular flexibility index (Phi) is 10.1. The van der Waals surface area contributed by atoms with Gasteiger partial charge in [-0.2, -0.15) is 0 Å². The molecule has 198 valence electrons. The molecular weight excluding hydrogens is 462 g/mol. The fourth-order valence-electron chi connectivity index (χ4n) is 4.69. The van der Waals surface area contributed by atoms with Crippen LogP contribution >= 0.6 is 0 Å². The molecule has 2 heterocycles. The van der Waals surface area contributed by atoms with Gasteiger partial charge in [0, 0.05) is 31.7 Å². The molecule has 0 bridgehead atoms. The lowest BCUT2D eigenvalue weighted by Crippen LogP contribution is -2.44. The molecule has 0 aliphatic carbocycles. The van der Waals surface area contributed by atoms with Crippen molar-refractivity contribution in [2.75, 3.05) is 58.8 Å². The van der Waals surface area contributed by atoms with E-state index in [2.05, 4.69) is 58.3 Å². The van der Waals surface area contributed by atoms with Gasteiger partial charge in [-0.15, -0.1) is 0 Å². The van der Waals surface area contributed by atoms with Crippen LogP contribution in [-0.2, 0) is 0 Å². The van der Waals surface area contributed by atoms with Crippen molar-refractivity contribution in [3.8, 4) is 22.8 Å². The molecule has 37 heavy (non-hydrogen) atoms. The Morgan fingerprint density at radius 2 is 1.78 bits per heavy atom. The van der Waals surface area contributed by atoms with Gasteiger partial charge in [-0.3, -0.25) is 4.98 Å². The molecule has 0 radical (unpaired) electrons. The van der Waals surface area contributed by atoms with Crippen LogP contribution in [0.3, 0.4) is 0 Å². The van der Waals surface area contributed by atoms with Crippen LogP contribution in [0.4, 0.5) is 5.82 Å². The summed E-state index contributed by atoms with van der Waals surface area (Å²) in [6.45, 7) is 8.67. The Morgan fingerprint density at radius 1 is 0.973 bits per heavy atom. The van der Waals surface area contributed by atoms with E-state index in [0.29, 0.717) is 12.4 Å². The quantitative estimate of drug-likeness (QED) is 0.309. The maximum atomic E-state index is 6.08. The van der Waals surface area contributed by atoms with Crippen LogP contribution in [-0.4, -0.2) is 73.3 Å². The molecule has 1 aromatic heterocycles. The average Bonchev–Trinajstić information content (AvgIpc) is 2.94. The summed E-state index contributed by atoms with van der Waals surface area (Å²) < 4.78 is 11.7. The summed E-state index contributed by atoms with van der Waals surface area (Å²) in [4.78, 5) is 14.2. The number of unbranched alkanes of at least 4 members (excludes halogenated alkanes) is 1. The maximum Gasteiger partial charge on any atom is 0.161 e. The molecule has 1 N–H and O–H groups in total. The largest absolute Gasteiger partial charge is 0.493 e. The molecule has 1 saturated heterocycles. The van der Waals surface area contributed by atoms with E-state index in [1.54, 1.807) is 19.5 Å². The topological polar surface area (TPSA) is 62.8 Å². The molecule has 1 aliphatic rings. The van der Waals surface area contributed by atoms with Crippen LogP contribution in [0, 0.1) is 0 Å². The number of nitrogens with zero attached hydrogens (tertiary/aromatic N) is 4. The SMILES string of the molecule is CCCC(Nc1cncc(-c2ccc(OCCCCN3CCN(C)CC3)c(OC)c2)n1)c1ccccc1. The molecule has 1 unspecified atom stereocenters. The number of hydrogen-bond acceptors (Lipinski definition) is 7. The van der Waals surface area contributed by atoms with Crippen molar-refractivity contribution >= 4 is 5.82 Å². The van der Waals surface area contributed by atoms with Crippen molar-refractivity contribution in [2.24, 2.45) is 0 Å². The molecule has 0 spiro atoms. The summed E-state index contributed by atoms with van der Waals surface area (Å²) >= 11 is 0. The van der Waals surface area contributed by atoms with Crippen LogP contribution in [0.15, 0.2) is 60.9 Å². The second kappa shape index (κ2) is 14.0. The molecule has 1 aliphatic heterocycles. The number of aromatic nitrogens is 2. The summed E-state index contributed by atoms with van der Waals surface area (Å²) in [7, 11) is 3.87. The van der Waals surface area contributed by atoms with Gasteiger partial charge in [-0.05, 0) is 56.6 Å². The Hall–Kier alpha value is -3.16. The van der Waals surface area contributed by atoms with E-state index in [0.717, 1.165) is 81.2 Å². The Bertz CT molecular complexity index is 1090. The van der Waals surface area contributed by atoms with Crippen molar-refractivity contribution in [1.82, 2.24) is 19.8 Å². The minimum Gasteiger partial charge on any atom is -0.493 e. The third-order valence-corrected chi connectivity index (χ3v) is 6.92. The van der Waals surface area contributed by atoms with Crippen molar-refractivity contribution in [3.05, 3.63) is 66.5 Å². The van der Waals surface area contributed by atoms with Crippen molar-refractivity contribution in [1.29, 1.82) is 0 Å². The van der Waals surface area contributed by atoms with Crippen molar-refractivity contribution in [2.45, 2.75) is 38.6 Å². The zero-order valence-electron chi connectivity index (χ0n) is 22.5. The van der Waals surface area contributed by atoms with E-state index in [1.807, 2.05) is 24.3 Å². The average molecular weight is 504 g/mol. The van der Waals surface area contributed by atoms with Gasteiger partial charge in [0.2, 0.25) is 0 Å². The molecule has 7 nitrogen and oxygen atoms in total. The second-order valence-electron chi connectivity index (χ2n) is 9.75. The van der Waals surface area contributed by atoms with Gasteiger partial charge in [0.15, 0.2) is 11.5 Å². The number of anilines is 1. The second-order valence-corrected chi connectivity index (χ2v) is 9.75. The van der Waals surface area contributed by atoms with Crippen LogP contribution in [0.2, 0.25) is 0 Å². The first-order valence-corrected chi connectivity index (χ1v) is 13.5. The van der Waals surface area contributed by atoms with E-state index in [1.165, 1.54) is 5.56 Å². The first-order valence-electron chi connectivity index (χ1n) is 13.5. The standard InChI is InChI=1S/C30H41N5O2/c1-4-10-26(24-11-6-5-7-12-24)32-30-23-31-22-27(33-30)25-13-14-28(29(21-25)36-3)37-20-9-8-15-35-18-16-34(2)17-19-35/h5-7,11-14,21-23,26H,4,8-10,15-20H2,1-3H3,(H,32,33). The van der Waals surface area contributed by atoms with E-state index in [-0.39, 0.29) is 6.04 Å². The Labute approximate surface area is 221 Å². The summed E-state index contributed by atoms with van der Waals surface area (Å²) in [5.74, 6) is 2.24. The summed E-state index contributed by atoms with van der Waals surface area (Å²) in [5.41, 5.74) is 3.00. The number of benzene rings is 2. The number of nitrogens with one attached hydrogen (secondary N) is 1. The lowest BCUT2D eigenvalue weighted by atomic mass is 10.0. The Balaban J connectivity index is 1.34. The Morgan fingerprint density at radius 3 is 2.54 bits per heavy atom. The zero-order chi connectivity index (χ0) is 25.9. The first-order chi connectivity index (χ1) is 18.2. The van der Waals surface area contributed by atoms with Crippen LogP contribution < -0.4 is 14.8 Å². The van der Waals surface area contributed by atoms with E-state index in [4.69, 9.17) is 14.5 Å². The highest BCUT2D eigenvalue weighted by atomic mass is 16.5. The predicted octanol–water partition coefficient (Wildman–Crippen LogP) is 5.51. The highest BCUT2D eigenvalue weighted by Crippen LogP contribution is 2.32. The number of piperazine rings is 1. The smallest absolute Gasteiger partial charge is 0.161 e. The molecular formula is C30H41N5O2. The minimum absolute atomic E-state index is 0.192. The van der Waals surface area contributed by atoms with Crippen molar-refractivity contribution in [3.63, 3.8) is 0 Å². The highest BCUT2D eigenvalue weighted by molar-refractivity contribution is 5.64. The fraction of sp³-hybridized carbons (Fsp3) is 0.467. The zero-order valence-corrected chi connectivity index (χ0v) is 22.5. The third kappa shape index (κ3) is 7.91.